The van der Waals surface area contributed by atoms with E-state index in [9.17, 15) is 4.39 Å². The van der Waals surface area contributed by atoms with Gasteiger partial charge < -0.3 is 0 Å². The molecule has 0 N–H and O–H groups in total. The van der Waals surface area contributed by atoms with Crippen LogP contribution in [0.3, 0.4) is 0 Å². The Morgan fingerprint density at radius 2 is 2.25 bits per heavy atom. The van der Waals surface area contributed by atoms with Crippen LogP contribution in [0, 0.1) is 5.95 Å². The van der Waals surface area contributed by atoms with Gasteiger partial charge in [-0.15, -0.1) is 0 Å². The summed E-state index contributed by atoms with van der Waals surface area (Å²) in [7, 11) is 1.59. The van der Waals surface area contributed by atoms with Crippen LogP contribution in [0.1, 0.15) is 0 Å². The maximum atomic E-state index is 13.2. The molecule has 12 heavy (non-hydrogen) atoms. The molecule has 62 valence electrons. The van der Waals surface area contributed by atoms with E-state index < -0.39 is 0 Å². The van der Waals surface area contributed by atoms with Crippen molar-refractivity contribution in [3.05, 3.63) is 28.6 Å². The molecule has 4 heteroatoms. The molecule has 0 unspecified atom stereocenters. The number of hydrogen-bond donors (Lipinski definition) is 0. The molecule has 0 saturated carbocycles. The van der Waals surface area contributed by atoms with Gasteiger partial charge in [0.1, 0.15) is 0 Å². The van der Waals surface area contributed by atoms with Gasteiger partial charge in [0.25, 0.3) is 0 Å². The first-order valence-electron chi connectivity index (χ1n) is 3.46. The van der Waals surface area contributed by atoms with Crippen LogP contribution in [0.2, 0.25) is 0 Å². The Balaban J connectivity index is 2.87. The van der Waals surface area contributed by atoms with Gasteiger partial charge in [0.15, 0.2) is 0 Å². The van der Waals surface area contributed by atoms with Crippen molar-refractivity contribution in [3.8, 4) is 0 Å². The van der Waals surface area contributed by atoms with Crippen LogP contribution < -0.4 is 0 Å². The predicted molar refractivity (Wildman–Crippen MR) is 48.4 cm³/mol. The highest BCUT2D eigenvalue weighted by atomic mass is 79.9. The van der Waals surface area contributed by atoms with Crippen LogP contribution in [-0.2, 0) is 7.05 Å². The zero-order valence-corrected chi connectivity index (χ0v) is 7.97. The molecule has 0 aliphatic rings. The minimum Gasteiger partial charge on any atom is -0.242 e. The van der Waals surface area contributed by atoms with Gasteiger partial charge in [-0.2, -0.15) is 9.49 Å². The smallest absolute Gasteiger partial charge is 0.219 e. The molecule has 0 amide bonds. The molecule has 0 aliphatic carbocycles. The Bertz CT molecular complexity index is 436. The van der Waals surface area contributed by atoms with E-state index in [1.807, 2.05) is 0 Å². The average molecular weight is 229 g/mol. The van der Waals surface area contributed by atoms with Gasteiger partial charge in [-0.1, -0.05) is 15.9 Å². The number of rotatable bonds is 0. The second-order valence-electron chi connectivity index (χ2n) is 2.58. The summed E-state index contributed by atoms with van der Waals surface area (Å²) in [6, 6.07) is 5.30. The van der Waals surface area contributed by atoms with Gasteiger partial charge in [-0.3, -0.25) is 0 Å². The van der Waals surface area contributed by atoms with E-state index in [4.69, 9.17) is 0 Å². The highest BCUT2D eigenvalue weighted by Crippen LogP contribution is 2.20. The fraction of sp³-hybridized carbons (Fsp3) is 0.125. The number of hydrogen-bond acceptors (Lipinski definition) is 1. The zero-order valence-electron chi connectivity index (χ0n) is 6.38. The van der Waals surface area contributed by atoms with Crippen LogP contribution in [0.25, 0.3) is 10.9 Å². The molecule has 0 atom stereocenters. The summed E-state index contributed by atoms with van der Waals surface area (Å²) in [5, 5.41) is 4.54. The van der Waals surface area contributed by atoms with Gasteiger partial charge in [0.2, 0.25) is 5.95 Å². The van der Waals surface area contributed by atoms with E-state index in [0.29, 0.717) is 10.9 Å². The van der Waals surface area contributed by atoms with Crippen LogP contribution in [0.15, 0.2) is 22.7 Å². The van der Waals surface area contributed by atoms with Gasteiger partial charge in [-0.05, 0) is 18.2 Å². The Hall–Kier alpha value is -0.900. The molecule has 0 radical (unpaired) electrons. The Morgan fingerprint density at radius 3 is 3.00 bits per heavy atom. The Morgan fingerprint density at radius 1 is 1.50 bits per heavy atom. The minimum absolute atomic E-state index is 0.294. The van der Waals surface area contributed by atoms with E-state index >= 15 is 0 Å². The van der Waals surface area contributed by atoms with Crippen LogP contribution in [0.5, 0.6) is 0 Å². The van der Waals surface area contributed by atoms with Crippen molar-refractivity contribution < 1.29 is 4.39 Å². The fourth-order valence-electron chi connectivity index (χ4n) is 1.14. The van der Waals surface area contributed by atoms with E-state index in [1.165, 1.54) is 4.68 Å². The summed E-state index contributed by atoms with van der Waals surface area (Å²) in [6.45, 7) is 0. The first-order valence-corrected chi connectivity index (χ1v) is 4.25. The molecule has 1 heterocycles. The van der Waals surface area contributed by atoms with Gasteiger partial charge >= 0.3 is 0 Å². The lowest BCUT2D eigenvalue weighted by molar-refractivity contribution is 0.512. The number of fused-ring (bicyclic) bond motifs is 1. The molecular weight excluding hydrogens is 223 g/mol. The van der Waals surface area contributed by atoms with Crippen molar-refractivity contribution >= 4 is 26.8 Å². The predicted octanol–water partition coefficient (Wildman–Crippen LogP) is 2.47. The Labute approximate surface area is 77.1 Å². The minimum atomic E-state index is -0.294. The number of nitrogens with zero attached hydrogens (tertiary/aromatic N) is 2. The standard InChI is InChI=1S/C8H6BrFN2/c1-12-8(10)6-3-2-5(9)4-7(6)11-12/h2-4H,1H3. The SMILES string of the molecule is Cn1nc2cc(Br)ccc2c1F. The zero-order chi connectivity index (χ0) is 8.72. The summed E-state index contributed by atoms with van der Waals surface area (Å²) in [4.78, 5) is 0. The summed E-state index contributed by atoms with van der Waals surface area (Å²) in [5.41, 5.74) is 0.671. The monoisotopic (exact) mass is 228 g/mol. The van der Waals surface area contributed by atoms with Gasteiger partial charge in [0, 0.05) is 11.5 Å². The number of halogens is 2. The summed E-state index contributed by atoms with van der Waals surface area (Å²) in [5.74, 6) is -0.294. The van der Waals surface area contributed by atoms with Crippen molar-refractivity contribution in [2.75, 3.05) is 0 Å². The molecule has 0 saturated heterocycles. The molecule has 1 aromatic heterocycles. The van der Waals surface area contributed by atoms with Crippen LogP contribution >= 0.6 is 15.9 Å². The largest absolute Gasteiger partial charge is 0.242 e. The molecule has 0 aliphatic heterocycles. The van der Waals surface area contributed by atoms with Gasteiger partial charge in [0.05, 0.1) is 10.9 Å². The number of aromatic nitrogens is 2. The summed E-state index contributed by atoms with van der Waals surface area (Å²) in [6.07, 6.45) is 0. The lowest BCUT2D eigenvalue weighted by Gasteiger charge is -1.88. The maximum Gasteiger partial charge on any atom is 0.219 e. The molecule has 0 spiro atoms. The summed E-state index contributed by atoms with van der Waals surface area (Å²) >= 11 is 3.29. The molecule has 0 bridgehead atoms. The third-order valence-electron chi connectivity index (χ3n) is 1.72. The van der Waals surface area contributed by atoms with Gasteiger partial charge in [-0.25, -0.2) is 4.68 Å². The average Bonchev–Trinajstić information content (AvgIpc) is 2.28. The second-order valence-corrected chi connectivity index (χ2v) is 3.49. The first kappa shape index (κ1) is 7.73. The molecular formula is C8H6BrFN2. The fourth-order valence-corrected chi connectivity index (χ4v) is 1.49. The lowest BCUT2D eigenvalue weighted by atomic mass is 10.3. The lowest BCUT2D eigenvalue weighted by Crippen LogP contribution is -1.92. The summed E-state index contributed by atoms with van der Waals surface area (Å²) < 4.78 is 15.3. The van der Waals surface area contributed by atoms with Crippen molar-refractivity contribution in [1.29, 1.82) is 0 Å². The quantitative estimate of drug-likeness (QED) is 0.678. The normalized spacial score (nSPS) is 10.9. The van der Waals surface area contributed by atoms with E-state index in [-0.39, 0.29) is 5.95 Å². The van der Waals surface area contributed by atoms with Crippen LogP contribution in [0.4, 0.5) is 4.39 Å². The van der Waals surface area contributed by atoms with E-state index in [0.717, 1.165) is 4.47 Å². The van der Waals surface area contributed by atoms with Crippen LogP contribution in [-0.4, -0.2) is 9.78 Å². The third kappa shape index (κ3) is 1.03. The van der Waals surface area contributed by atoms with E-state index in [2.05, 4.69) is 21.0 Å². The third-order valence-corrected chi connectivity index (χ3v) is 2.22. The van der Waals surface area contributed by atoms with Crippen molar-refractivity contribution in [3.63, 3.8) is 0 Å². The number of aryl methyl sites for hydroxylation is 1. The Kier molecular flexibility index (Phi) is 1.65. The van der Waals surface area contributed by atoms with Crippen molar-refractivity contribution in [2.24, 2.45) is 7.05 Å². The molecule has 1 aromatic carbocycles. The molecule has 0 fully saturated rings. The van der Waals surface area contributed by atoms with E-state index in [1.54, 1.807) is 25.2 Å². The molecule has 2 aromatic rings. The highest BCUT2D eigenvalue weighted by Gasteiger charge is 2.06. The first-order chi connectivity index (χ1) is 5.68. The second kappa shape index (κ2) is 2.55. The number of benzene rings is 1. The topological polar surface area (TPSA) is 17.8 Å². The van der Waals surface area contributed by atoms with Crippen molar-refractivity contribution in [2.45, 2.75) is 0 Å². The highest BCUT2D eigenvalue weighted by molar-refractivity contribution is 9.10. The maximum absolute atomic E-state index is 13.2. The molecule has 2 nitrogen and oxygen atoms in total. The molecule has 2 rings (SSSR count). The van der Waals surface area contributed by atoms with Crippen molar-refractivity contribution in [1.82, 2.24) is 9.78 Å².